The third kappa shape index (κ3) is 4.35. The second-order valence-corrected chi connectivity index (χ2v) is 10.0. The smallest absolute Gasteiger partial charge is 0.260 e. The van der Waals surface area contributed by atoms with Gasteiger partial charge in [-0.1, -0.05) is 24.3 Å². The molecule has 0 bridgehead atoms. The molecule has 0 unspecified atom stereocenters. The van der Waals surface area contributed by atoms with Gasteiger partial charge in [-0.25, -0.2) is 17.8 Å². The van der Waals surface area contributed by atoms with Gasteiger partial charge in [0.1, 0.15) is 11.3 Å². The lowest BCUT2D eigenvalue weighted by molar-refractivity contribution is 0.0985. The molecule has 0 N–H and O–H groups in total. The number of benzene rings is 2. The standard InChI is InChI=1S/C21H19FN4O3S2/c1-2-31(28,29)16-9-7-15(8-10-16)20(27)26(14-13-25-12-4-11-23-25)21-24-19-17(22)5-3-6-18(19)30-21/h3-12H,2,13-14H2,1H3. The summed E-state index contributed by atoms with van der Waals surface area (Å²) in [5.74, 6) is -0.825. The highest BCUT2D eigenvalue weighted by molar-refractivity contribution is 7.91. The normalized spacial score (nSPS) is 11.7. The molecule has 0 fully saturated rings. The largest absolute Gasteiger partial charge is 0.282 e. The molecule has 0 aliphatic heterocycles. The Morgan fingerprint density at radius 1 is 1.16 bits per heavy atom. The highest BCUT2D eigenvalue weighted by atomic mass is 32.2. The Balaban J connectivity index is 1.69. The summed E-state index contributed by atoms with van der Waals surface area (Å²) in [5.41, 5.74) is 0.527. The molecule has 7 nitrogen and oxygen atoms in total. The van der Waals surface area contributed by atoms with Crippen LogP contribution in [0, 0.1) is 5.82 Å². The van der Waals surface area contributed by atoms with E-state index in [-0.39, 0.29) is 28.6 Å². The molecule has 0 saturated carbocycles. The number of carbonyl (C=O) groups excluding carboxylic acids is 1. The molecule has 160 valence electrons. The quantitative estimate of drug-likeness (QED) is 0.421. The van der Waals surface area contributed by atoms with Crippen LogP contribution in [0.5, 0.6) is 0 Å². The highest BCUT2D eigenvalue weighted by Gasteiger charge is 2.23. The molecule has 0 atom stereocenters. The van der Waals surface area contributed by atoms with Gasteiger partial charge in [0.05, 0.1) is 21.9 Å². The summed E-state index contributed by atoms with van der Waals surface area (Å²) >= 11 is 1.22. The number of rotatable bonds is 7. The van der Waals surface area contributed by atoms with Gasteiger partial charge in [-0.2, -0.15) is 5.10 Å². The first-order valence-corrected chi connectivity index (χ1v) is 12.0. The first kappa shape index (κ1) is 21.1. The van der Waals surface area contributed by atoms with Crippen LogP contribution in [0.4, 0.5) is 9.52 Å². The fourth-order valence-corrected chi connectivity index (χ4v) is 4.95. The van der Waals surface area contributed by atoms with Gasteiger partial charge in [0.25, 0.3) is 5.91 Å². The van der Waals surface area contributed by atoms with E-state index in [9.17, 15) is 17.6 Å². The molecule has 4 aromatic rings. The van der Waals surface area contributed by atoms with Crippen LogP contribution in [0.1, 0.15) is 17.3 Å². The minimum atomic E-state index is -3.36. The Morgan fingerprint density at radius 3 is 2.58 bits per heavy atom. The number of hydrogen-bond acceptors (Lipinski definition) is 6. The van der Waals surface area contributed by atoms with Gasteiger partial charge < -0.3 is 0 Å². The molecule has 0 aliphatic rings. The van der Waals surface area contributed by atoms with E-state index in [2.05, 4.69) is 10.1 Å². The summed E-state index contributed by atoms with van der Waals surface area (Å²) < 4.78 is 40.6. The van der Waals surface area contributed by atoms with Crippen LogP contribution in [-0.2, 0) is 16.4 Å². The van der Waals surface area contributed by atoms with Gasteiger partial charge in [0, 0.05) is 24.5 Å². The summed E-state index contributed by atoms with van der Waals surface area (Å²) in [6, 6.07) is 12.3. The number of thiazole rings is 1. The van der Waals surface area contributed by atoms with E-state index in [1.165, 1.54) is 46.6 Å². The number of sulfone groups is 1. The monoisotopic (exact) mass is 458 g/mol. The minimum Gasteiger partial charge on any atom is -0.282 e. The van der Waals surface area contributed by atoms with Crippen LogP contribution in [0.2, 0.25) is 0 Å². The summed E-state index contributed by atoms with van der Waals surface area (Å²) in [6.45, 7) is 2.24. The summed E-state index contributed by atoms with van der Waals surface area (Å²) in [4.78, 5) is 19.3. The highest BCUT2D eigenvalue weighted by Crippen LogP contribution is 2.31. The molecule has 1 amide bonds. The Kier molecular flexibility index (Phi) is 5.84. The second-order valence-electron chi connectivity index (χ2n) is 6.74. The fourth-order valence-electron chi connectivity index (χ4n) is 3.07. The molecule has 2 heterocycles. The van der Waals surface area contributed by atoms with Gasteiger partial charge in [-0.15, -0.1) is 0 Å². The van der Waals surface area contributed by atoms with Crippen molar-refractivity contribution in [2.75, 3.05) is 17.2 Å². The third-order valence-corrected chi connectivity index (χ3v) is 7.58. The lowest BCUT2D eigenvalue weighted by Crippen LogP contribution is -2.34. The zero-order valence-corrected chi connectivity index (χ0v) is 18.2. The van der Waals surface area contributed by atoms with Gasteiger partial charge in [0.15, 0.2) is 15.0 Å². The van der Waals surface area contributed by atoms with Gasteiger partial charge in [-0.05, 0) is 42.5 Å². The maximum Gasteiger partial charge on any atom is 0.260 e. The number of fused-ring (bicyclic) bond motifs is 1. The maximum absolute atomic E-state index is 14.2. The van der Waals surface area contributed by atoms with E-state index in [1.54, 1.807) is 42.2 Å². The van der Waals surface area contributed by atoms with Gasteiger partial charge >= 0.3 is 0 Å². The van der Waals surface area contributed by atoms with Crippen molar-refractivity contribution in [3.63, 3.8) is 0 Å². The molecular formula is C21H19FN4O3S2. The third-order valence-electron chi connectivity index (χ3n) is 4.79. The van der Waals surface area contributed by atoms with Crippen molar-refractivity contribution in [2.24, 2.45) is 0 Å². The predicted molar refractivity (Wildman–Crippen MR) is 118 cm³/mol. The molecule has 0 aliphatic carbocycles. The number of carbonyl (C=O) groups is 1. The molecule has 0 spiro atoms. The number of hydrogen-bond donors (Lipinski definition) is 0. The predicted octanol–water partition coefficient (Wildman–Crippen LogP) is 3.77. The van der Waals surface area contributed by atoms with E-state index in [0.717, 1.165) is 0 Å². The van der Waals surface area contributed by atoms with Crippen LogP contribution >= 0.6 is 11.3 Å². The molecule has 0 saturated heterocycles. The van der Waals surface area contributed by atoms with Crippen LogP contribution < -0.4 is 4.90 Å². The lowest BCUT2D eigenvalue weighted by Gasteiger charge is -2.20. The first-order valence-electron chi connectivity index (χ1n) is 9.56. The SMILES string of the molecule is CCS(=O)(=O)c1ccc(C(=O)N(CCn2cccn2)c2nc3c(F)cccc3s2)cc1. The van der Waals surface area contributed by atoms with Crippen molar-refractivity contribution in [3.05, 3.63) is 72.3 Å². The van der Waals surface area contributed by atoms with Crippen LogP contribution in [0.15, 0.2) is 65.8 Å². The molecular weight excluding hydrogens is 439 g/mol. The summed E-state index contributed by atoms with van der Waals surface area (Å²) in [5, 5.41) is 4.52. The summed E-state index contributed by atoms with van der Waals surface area (Å²) in [7, 11) is -3.36. The van der Waals surface area contributed by atoms with Crippen molar-refractivity contribution < 1.29 is 17.6 Å². The van der Waals surface area contributed by atoms with E-state index in [0.29, 0.717) is 21.9 Å². The van der Waals surface area contributed by atoms with E-state index in [1.807, 2.05) is 0 Å². The first-order chi connectivity index (χ1) is 14.9. The van der Waals surface area contributed by atoms with Crippen LogP contribution in [0.3, 0.4) is 0 Å². The molecule has 4 rings (SSSR count). The number of halogens is 1. The van der Waals surface area contributed by atoms with Crippen molar-refractivity contribution in [3.8, 4) is 0 Å². The van der Waals surface area contributed by atoms with Gasteiger partial charge in [0.2, 0.25) is 0 Å². The average Bonchev–Trinajstić information content (AvgIpc) is 3.44. The van der Waals surface area contributed by atoms with Crippen LogP contribution in [-0.4, -0.2) is 41.4 Å². The Hall–Kier alpha value is -3.11. The lowest BCUT2D eigenvalue weighted by atomic mass is 10.2. The summed E-state index contributed by atoms with van der Waals surface area (Å²) in [6.07, 6.45) is 3.43. The second kappa shape index (κ2) is 8.56. The number of anilines is 1. The molecule has 2 aromatic heterocycles. The van der Waals surface area contributed by atoms with E-state index < -0.39 is 15.7 Å². The topological polar surface area (TPSA) is 85.2 Å². The average molecular weight is 459 g/mol. The number of nitrogens with zero attached hydrogens (tertiary/aromatic N) is 4. The van der Waals surface area contributed by atoms with Crippen LogP contribution in [0.25, 0.3) is 10.2 Å². The number of amides is 1. The van der Waals surface area contributed by atoms with Crippen molar-refractivity contribution in [1.29, 1.82) is 0 Å². The van der Waals surface area contributed by atoms with E-state index in [4.69, 9.17) is 0 Å². The maximum atomic E-state index is 14.2. The van der Waals surface area contributed by atoms with Crippen molar-refractivity contribution >= 4 is 42.4 Å². The van der Waals surface area contributed by atoms with Crippen molar-refractivity contribution in [2.45, 2.75) is 18.4 Å². The number of para-hydroxylation sites is 1. The van der Waals surface area contributed by atoms with E-state index >= 15 is 0 Å². The fraction of sp³-hybridized carbons (Fsp3) is 0.190. The molecule has 10 heteroatoms. The Morgan fingerprint density at radius 2 is 1.94 bits per heavy atom. The zero-order chi connectivity index (χ0) is 22.0. The Labute approximate surface area is 182 Å². The minimum absolute atomic E-state index is 0.0203. The molecule has 31 heavy (non-hydrogen) atoms. The Bertz CT molecular complexity index is 1320. The zero-order valence-electron chi connectivity index (χ0n) is 16.6. The number of aromatic nitrogens is 3. The van der Waals surface area contributed by atoms with Gasteiger partial charge in [-0.3, -0.25) is 14.4 Å². The van der Waals surface area contributed by atoms with Crippen molar-refractivity contribution in [1.82, 2.24) is 14.8 Å². The molecule has 0 radical (unpaired) electrons. The molecule has 2 aromatic carbocycles.